The van der Waals surface area contributed by atoms with Gasteiger partial charge in [0.25, 0.3) is 0 Å². The number of nitrogens with two attached hydrogens (primary N) is 1. The summed E-state index contributed by atoms with van der Waals surface area (Å²) in [5.41, 5.74) is 6.67. The molecule has 1 aromatic rings. The van der Waals surface area contributed by atoms with Crippen LogP contribution >= 0.6 is 0 Å². The fourth-order valence-electron chi connectivity index (χ4n) is 2.36. The van der Waals surface area contributed by atoms with E-state index in [1.165, 1.54) is 0 Å². The predicted octanol–water partition coefficient (Wildman–Crippen LogP) is 2.49. The van der Waals surface area contributed by atoms with Gasteiger partial charge in [0.15, 0.2) is 0 Å². The maximum Gasteiger partial charge on any atom is 0.124 e. The molecule has 2 N–H and O–H groups in total. The smallest absolute Gasteiger partial charge is 0.124 e. The maximum absolute atomic E-state index is 5.91. The molecule has 0 aliphatic carbocycles. The van der Waals surface area contributed by atoms with E-state index >= 15 is 0 Å². The Hall–Kier alpha value is -1.26. The van der Waals surface area contributed by atoms with Crippen molar-refractivity contribution in [2.45, 2.75) is 44.9 Å². The van der Waals surface area contributed by atoms with E-state index in [4.69, 9.17) is 19.9 Å². The molecule has 4 nitrogen and oxygen atoms in total. The van der Waals surface area contributed by atoms with Crippen LogP contribution in [-0.2, 0) is 11.3 Å². The molecule has 1 atom stereocenters. The minimum Gasteiger partial charge on any atom is -0.497 e. The Morgan fingerprint density at radius 2 is 2.21 bits per heavy atom. The Bertz CT molecular complexity index is 431. The quantitative estimate of drug-likeness (QED) is 0.888. The number of hydrogen-bond acceptors (Lipinski definition) is 4. The summed E-state index contributed by atoms with van der Waals surface area (Å²) in [6.45, 7) is 5.24. The van der Waals surface area contributed by atoms with E-state index in [1.54, 1.807) is 7.11 Å². The van der Waals surface area contributed by atoms with Gasteiger partial charge in [-0.05, 0) is 44.9 Å². The lowest BCUT2D eigenvalue weighted by Crippen LogP contribution is -2.24. The molecule has 0 amide bonds. The van der Waals surface area contributed by atoms with Crippen LogP contribution in [0.1, 0.15) is 32.3 Å². The van der Waals surface area contributed by atoms with Crippen LogP contribution in [0, 0.1) is 0 Å². The second-order valence-electron chi connectivity index (χ2n) is 5.53. The molecule has 0 radical (unpaired) electrons. The fourth-order valence-corrected chi connectivity index (χ4v) is 2.36. The molecule has 1 aromatic carbocycles. The average molecular weight is 265 g/mol. The van der Waals surface area contributed by atoms with Gasteiger partial charge in [-0.15, -0.1) is 0 Å². The van der Waals surface area contributed by atoms with E-state index in [2.05, 4.69) is 13.8 Å². The first-order valence-corrected chi connectivity index (χ1v) is 6.71. The van der Waals surface area contributed by atoms with Crippen molar-refractivity contribution in [2.75, 3.05) is 13.7 Å². The van der Waals surface area contributed by atoms with Crippen molar-refractivity contribution in [3.05, 3.63) is 23.8 Å². The number of benzene rings is 1. The van der Waals surface area contributed by atoms with E-state index in [0.29, 0.717) is 13.2 Å². The predicted molar refractivity (Wildman–Crippen MR) is 74.6 cm³/mol. The van der Waals surface area contributed by atoms with Crippen molar-refractivity contribution >= 4 is 0 Å². The van der Waals surface area contributed by atoms with Gasteiger partial charge in [0.1, 0.15) is 18.1 Å². The SMILES string of the molecule is COc1ccc(OCC2CCC(C)(C)O2)c(CN)c1. The molecule has 106 valence electrons. The first-order valence-electron chi connectivity index (χ1n) is 6.71. The zero-order chi connectivity index (χ0) is 13.9. The Morgan fingerprint density at radius 3 is 2.79 bits per heavy atom. The van der Waals surface area contributed by atoms with Crippen LogP contribution < -0.4 is 15.2 Å². The summed E-state index contributed by atoms with van der Waals surface area (Å²) in [4.78, 5) is 0. The van der Waals surface area contributed by atoms with Gasteiger partial charge in [-0.3, -0.25) is 0 Å². The standard InChI is InChI=1S/C15H23NO3/c1-15(2)7-6-13(19-15)10-18-14-5-4-12(17-3)8-11(14)9-16/h4-5,8,13H,6-7,9-10,16H2,1-3H3. The molecule has 0 saturated carbocycles. The molecular formula is C15H23NO3. The highest BCUT2D eigenvalue weighted by atomic mass is 16.6. The molecule has 1 aliphatic rings. The van der Waals surface area contributed by atoms with E-state index in [1.807, 2.05) is 18.2 Å². The van der Waals surface area contributed by atoms with Crippen LogP contribution in [0.25, 0.3) is 0 Å². The summed E-state index contributed by atoms with van der Waals surface area (Å²) >= 11 is 0. The summed E-state index contributed by atoms with van der Waals surface area (Å²) in [5, 5.41) is 0. The molecule has 1 saturated heterocycles. The number of ether oxygens (including phenoxy) is 3. The van der Waals surface area contributed by atoms with Gasteiger partial charge < -0.3 is 19.9 Å². The molecule has 0 bridgehead atoms. The first kappa shape index (κ1) is 14.2. The highest BCUT2D eigenvalue weighted by molar-refractivity contribution is 5.40. The topological polar surface area (TPSA) is 53.7 Å². The van der Waals surface area contributed by atoms with Gasteiger partial charge in [-0.1, -0.05) is 0 Å². The highest BCUT2D eigenvalue weighted by Gasteiger charge is 2.31. The third-order valence-electron chi connectivity index (χ3n) is 3.47. The third-order valence-corrected chi connectivity index (χ3v) is 3.47. The summed E-state index contributed by atoms with van der Waals surface area (Å²) < 4.78 is 16.9. The largest absolute Gasteiger partial charge is 0.497 e. The molecule has 1 heterocycles. The second kappa shape index (κ2) is 5.80. The number of hydrogen-bond donors (Lipinski definition) is 1. The van der Waals surface area contributed by atoms with Gasteiger partial charge in [-0.2, -0.15) is 0 Å². The second-order valence-corrected chi connectivity index (χ2v) is 5.53. The summed E-state index contributed by atoms with van der Waals surface area (Å²) in [6, 6.07) is 5.70. The maximum atomic E-state index is 5.91. The molecule has 19 heavy (non-hydrogen) atoms. The Balaban J connectivity index is 1.96. The monoisotopic (exact) mass is 265 g/mol. The average Bonchev–Trinajstić information content (AvgIpc) is 2.75. The van der Waals surface area contributed by atoms with E-state index in [9.17, 15) is 0 Å². The van der Waals surface area contributed by atoms with Crippen LogP contribution in [0.2, 0.25) is 0 Å². The number of rotatable bonds is 5. The minimum absolute atomic E-state index is 0.0232. The van der Waals surface area contributed by atoms with E-state index < -0.39 is 0 Å². The van der Waals surface area contributed by atoms with Crippen LogP contribution in [-0.4, -0.2) is 25.4 Å². The van der Waals surface area contributed by atoms with Crippen molar-refractivity contribution in [2.24, 2.45) is 5.73 Å². The number of methoxy groups -OCH3 is 1. The highest BCUT2D eigenvalue weighted by Crippen LogP contribution is 2.30. The van der Waals surface area contributed by atoms with Crippen LogP contribution in [0.4, 0.5) is 0 Å². The molecule has 0 aromatic heterocycles. The van der Waals surface area contributed by atoms with Crippen molar-refractivity contribution in [1.29, 1.82) is 0 Å². The van der Waals surface area contributed by atoms with Gasteiger partial charge >= 0.3 is 0 Å². The van der Waals surface area contributed by atoms with Crippen LogP contribution in [0.5, 0.6) is 11.5 Å². The zero-order valence-electron chi connectivity index (χ0n) is 11.9. The summed E-state index contributed by atoms with van der Waals surface area (Å²) in [5.74, 6) is 1.61. The Labute approximate surface area is 114 Å². The van der Waals surface area contributed by atoms with Gasteiger partial charge in [0.2, 0.25) is 0 Å². The van der Waals surface area contributed by atoms with Crippen molar-refractivity contribution < 1.29 is 14.2 Å². The zero-order valence-corrected chi connectivity index (χ0v) is 11.9. The lowest BCUT2D eigenvalue weighted by molar-refractivity contribution is -0.0327. The molecular weight excluding hydrogens is 242 g/mol. The Morgan fingerprint density at radius 1 is 1.42 bits per heavy atom. The normalized spacial score (nSPS) is 21.4. The van der Waals surface area contributed by atoms with Gasteiger partial charge in [0, 0.05) is 12.1 Å². The fraction of sp³-hybridized carbons (Fsp3) is 0.600. The molecule has 4 heteroatoms. The van der Waals surface area contributed by atoms with Crippen LogP contribution in [0.3, 0.4) is 0 Å². The summed E-state index contributed by atoms with van der Waals surface area (Å²) in [6.07, 6.45) is 2.29. The lowest BCUT2D eigenvalue weighted by atomic mass is 10.1. The van der Waals surface area contributed by atoms with E-state index in [0.717, 1.165) is 29.9 Å². The van der Waals surface area contributed by atoms with Crippen molar-refractivity contribution in [3.63, 3.8) is 0 Å². The van der Waals surface area contributed by atoms with E-state index in [-0.39, 0.29) is 11.7 Å². The summed E-state index contributed by atoms with van der Waals surface area (Å²) in [7, 11) is 1.64. The molecule has 1 aliphatic heterocycles. The van der Waals surface area contributed by atoms with Crippen LogP contribution in [0.15, 0.2) is 18.2 Å². The molecule has 1 fully saturated rings. The minimum atomic E-state index is -0.0232. The van der Waals surface area contributed by atoms with Crippen molar-refractivity contribution in [1.82, 2.24) is 0 Å². The van der Waals surface area contributed by atoms with Gasteiger partial charge in [0.05, 0.1) is 18.8 Å². The van der Waals surface area contributed by atoms with Gasteiger partial charge in [-0.25, -0.2) is 0 Å². The Kier molecular flexibility index (Phi) is 4.32. The lowest BCUT2D eigenvalue weighted by Gasteiger charge is -2.20. The first-order chi connectivity index (χ1) is 9.04. The third kappa shape index (κ3) is 3.61. The van der Waals surface area contributed by atoms with Crippen molar-refractivity contribution in [3.8, 4) is 11.5 Å². The molecule has 0 spiro atoms. The molecule has 1 unspecified atom stereocenters. The molecule has 2 rings (SSSR count).